The van der Waals surface area contributed by atoms with Crippen molar-refractivity contribution in [1.29, 1.82) is 5.26 Å². The Morgan fingerprint density at radius 2 is 0.925 bits per heavy atom. The maximum atomic E-state index is 10.6. The standard InChI is InChI=1S/C37H21NO2/c38-22-32-26(24-14-16-30-28-10-4-6-12-33(28)39-35(30)20-24)18-19-27(37(32)23-8-2-1-3-9-23)25-15-17-31-29-11-5-7-13-34(29)40-36(31)21-25/h1-21H. The van der Waals surface area contributed by atoms with Crippen molar-refractivity contribution < 1.29 is 8.83 Å². The predicted octanol–water partition coefficient (Wildman–Crippen LogP) is 10.4. The van der Waals surface area contributed by atoms with Crippen molar-refractivity contribution in [2.75, 3.05) is 0 Å². The Morgan fingerprint density at radius 1 is 0.425 bits per heavy atom. The third kappa shape index (κ3) is 3.37. The van der Waals surface area contributed by atoms with Crippen LogP contribution < -0.4 is 0 Å². The van der Waals surface area contributed by atoms with Gasteiger partial charge >= 0.3 is 0 Å². The molecule has 2 aromatic heterocycles. The van der Waals surface area contributed by atoms with Crippen molar-refractivity contribution in [3.63, 3.8) is 0 Å². The van der Waals surface area contributed by atoms with E-state index in [0.717, 1.165) is 77.3 Å². The number of hydrogen-bond donors (Lipinski definition) is 0. The molecule has 3 nitrogen and oxygen atoms in total. The smallest absolute Gasteiger partial charge is 0.136 e. The number of rotatable bonds is 3. The Bertz CT molecular complexity index is 2280. The second-order valence-electron chi connectivity index (χ2n) is 10.0. The maximum absolute atomic E-state index is 10.6. The summed E-state index contributed by atoms with van der Waals surface area (Å²) in [5.74, 6) is 0. The lowest BCUT2D eigenvalue weighted by Crippen LogP contribution is -1.94. The maximum Gasteiger partial charge on any atom is 0.136 e. The number of nitrogens with zero attached hydrogens (tertiary/aromatic N) is 1. The van der Waals surface area contributed by atoms with Crippen molar-refractivity contribution in [2.45, 2.75) is 0 Å². The van der Waals surface area contributed by atoms with Crippen molar-refractivity contribution in [2.24, 2.45) is 0 Å². The Kier molecular flexibility index (Phi) is 4.89. The molecule has 0 N–H and O–H groups in total. The zero-order valence-corrected chi connectivity index (χ0v) is 21.4. The predicted molar refractivity (Wildman–Crippen MR) is 162 cm³/mol. The molecule has 0 aliphatic carbocycles. The van der Waals surface area contributed by atoms with Gasteiger partial charge in [0.2, 0.25) is 0 Å². The first-order valence-electron chi connectivity index (χ1n) is 13.2. The first kappa shape index (κ1) is 22.4. The molecule has 0 spiro atoms. The Morgan fingerprint density at radius 3 is 1.52 bits per heavy atom. The van der Waals surface area contributed by atoms with Gasteiger partial charge in [-0.2, -0.15) is 5.26 Å². The highest BCUT2D eigenvalue weighted by Gasteiger charge is 2.19. The molecular formula is C37H21NO2. The van der Waals surface area contributed by atoms with Crippen molar-refractivity contribution in [3.05, 3.63) is 133 Å². The Balaban J connectivity index is 1.36. The minimum atomic E-state index is 0.629. The normalized spacial score (nSPS) is 11.5. The highest BCUT2D eigenvalue weighted by atomic mass is 16.3. The summed E-state index contributed by atoms with van der Waals surface area (Å²) in [6.45, 7) is 0. The third-order valence-corrected chi connectivity index (χ3v) is 7.76. The van der Waals surface area contributed by atoms with Crippen LogP contribution in [0.4, 0.5) is 0 Å². The van der Waals surface area contributed by atoms with Crippen LogP contribution in [0.3, 0.4) is 0 Å². The first-order chi connectivity index (χ1) is 19.8. The van der Waals surface area contributed by atoms with E-state index in [9.17, 15) is 5.26 Å². The van der Waals surface area contributed by atoms with Gasteiger partial charge in [-0.1, -0.05) is 91.0 Å². The fourth-order valence-corrected chi connectivity index (χ4v) is 5.89. The summed E-state index contributed by atoms with van der Waals surface area (Å²) in [6, 6.07) is 45.5. The van der Waals surface area contributed by atoms with Gasteiger partial charge < -0.3 is 8.83 Å². The van der Waals surface area contributed by atoms with E-state index >= 15 is 0 Å². The number of benzene rings is 6. The van der Waals surface area contributed by atoms with Gasteiger partial charge in [-0.15, -0.1) is 0 Å². The largest absolute Gasteiger partial charge is 0.456 e. The molecule has 186 valence electrons. The summed E-state index contributed by atoms with van der Waals surface area (Å²) < 4.78 is 12.4. The van der Waals surface area contributed by atoms with Crippen LogP contribution in [-0.2, 0) is 0 Å². The van der Waals surface area contributed by atoms with Crippen LogP contribution in [0.1, 0.15) is 5.56 Å². The van der Waals surface area contributed by atoms with E-state index < -0.39 is 0 Å². The summed E-state index contributed by atoms with van der Waals surface area (Å²) in [4.78, 5) is 0. The molecule has 40 heavy (non-hydrogen) atoms. The summed E-state index contributed by atoms with van der Waals surface area (Å²) in [5, 5.41) is 14.9. The van der Waals surface area contributed by atoms with Gasteiger partial charge in [-0.25, -0.2) is 0 Å². The van der Waals surface area contributed by atoms with Gasteiger partial charge in [0.15, 0.2) is 0 Å². The molecular weight excluding hydrogens is 490 g/mol. The SMILES string of the molecule is N#Cc1c(-c2ccc3c(c2)oc2ccccc23)ccc(-c2ccc3c(c2)oc2ccccc23)c1-c1ccccc1. The van der Waals surface area contributed by atoms with Gasteiger partial charge in [0.25, 0.3) is 0 Å². The zero-order valence-electron chi connectivity index (χ0n) is 21.4. The van der Waals surface area contributed by atoms with E-state index in [-0.39, 0.29) is 0 Å². The molecule has 0 bridgehead atoms. The molecule has 0 unspecified atom stereocenters. The summed E-state index contributed by atoms with van der Waals surface area (Å²) in [6.07, 6.45) is 0. The molecule has 8 rings (SSSR count). The van der Waals surface area contributed by atoms with Gasteiger partial charge in [0.1, 0.15) is 28.4 Å². The molecule has 3 heteroatoms. The monoisotopic (exact) mass is 511 g/mol. The van der Waals surface area contributed by atoms with Gasteiger partial charge in [-0.3, -0.25) is 0 Å². The average molecular weight is 512 g/mol. The van der Waals surface area contributed by atoms with Crippen molar-refractivity contribution >= 4 is 43.9 Å². The highest BCUT2D eigenvalue weighted by Crippen LogP contribution is 2.42. The average Bonchev–Trinajstić information content (AvgIpc) is 3.58. The quantitative estimate of drug-likeness (QED) is 0.237. The molecule has 0 radical (unpaired) electrons. The lowest BCUT2D eigenvalue weighted by molar-refractivity contribution is 0.668. The van der Waals surface area contributed by atoms with E-state index in [1.165, 1.54) is 0 Å². The topological polar surface area (TPSA) is 50.1 Å². The molecule has 8 aromatic rings. The fourth-order valence-electron chi connectivity index (χ4n) is 5.89. The van der Waals surface area contributed by atoms with E-state index in [1.807, 2.05) is 66.7 Å². The highest BCUT2D eigenvalue weighted by molar-refractivity contribution is 6.08. The van der Waals surface area contributed by atoms with E-state index in [2.05, 4.69) is 66.7 Å². The Hall–Kier alpha value is -5.59. The van der Waals surface area contributed by atoms with Crippen LogP contribution in [0.2, 0.25) is 0 Å². The third-order valence-electron chi connectivity index (χ3n) is 7.76. The van der Waals surface area contributed by atoms with Gasteiger partial charge in [0, 0.05) is 32.7 Å². The zero-order chi connectivity index (χ0) is 26.6. The fraction of sp³-hybridized carbons (Fsp3) is 0. The van der Waals surface area contributed by atoms with Crippen LogP contribution in [0.5, 0.6) is 0 Å². The first-order valence-corrected chi connectivity index (χ1v) is 13.2. The number of hydrogen-bond acceptors (Lipinski definition) is 3. The molecule has 2 heterocycles. The number of para-hydroxylation sites is 2. The lowest BCUT2D eigenvalue weighted by Gasteiger charge is -2.16. The molecule has 0 saturated carbocycles. The second kappa shape index (κ2) is 8.73. The summed E-state index contributed by atoms with van der Waals surface area (Å²) >= 11 is 0. The number of fused-ring (bicyclic) bond motifs is 6. The summed E-state index contributed by atoms with van der Waals surface area (Å²) in [5.41, 5.74) is 9.69. The number of furan rings is 2. The number of nitriles is 1. The van der Waals surface area contributed by atoms with Gasteiger partial charge in [-0.05, 0) is 58.7 Å². The van der Waals surface area contributed by atoms with Crippen LogP contribution in [-0.4, -0.2) is 0 Å². The minimum absolute atomic E-state index is 0.629. The van der Waals surface area contributed by atoms with E-state index in [0.29, 0.717) is 5.56 Å². The summed E-state index contributed by atoms with van der Waals surface area (Å²) in [7, 11) is 0. The molecule has 0 aliphatic heterocycles. The lowest BCUT2D eigenvalue weighted by atomic mass is 9.86. The van der Waals surface area contributed by atoms with Crippen LogP contribution in [0, 0.1) is 11.3 Å². The molecule has 0 saturated heterocycles. The van der Waals surface area contributed by atoms with Crippen molar-refractivity contribution in [3.8, 4) is 39.4 Å². The van der Waals surface area contributed by atoms with Crippen LogP contribution in [0.25, 0.3) is 77.3 Å². The Labute approximate surface area is 230 Å². The molecule has 0 aliphatic rings. The molecule has 0 atom stereocenters. The van der Waals surface area contributed by atoms with E-state index in [4.69, 9.17) is 8.83 Å². The van der Waals surface area contributed by atoms with Gasteiger partial charge in [0.05, 0.1) is 5.56 Å². The molecule has 0 amide bonds. The molecule has 0 fully saturated rings. The second-order valence-corrected chi connectivity index (χ2v) is 10.0. The van der Waals surface area contributed by atoms with Crippen LogP contribution in [0.15, 0.2) is 136 Å². The van der Waals surface area contributed by atoms with Crippen LogP contribution >= 0.6 is 0 Å². The molecule has 6 aromatic carbocycles. The minimum Gasteiger partial charge on any atom is -0.456 e. The van der Waals surface area contributed by atoms with Crippen molar-refractivity contribution in [1.82, 2.24) is 0 Å². The van der Waals surface area contributed by atoms with E-state index in [1.54, 1.807) is 0 Å².